The van der Waals surface area contributed by atoms with Gasteiger partial charge in [0.1, 0.15) is 0 Å². The molecule has 5 heteroatoms. The lowest BCUT2D eigenvalue weighted by atomic mass is 10.3. The van der Waals surface area contributed by atoms with Crippen molar-refractivity contribution in [3.05, 3.63) is 11.6 Å². The molecule has 0 unspecified atom stereocenters. The van der Waals surface area contributed by atoms with E-state index in [1.807, 2.05) is 0 Å². The minimum absolute atomic E-state index is 0.0221. The fraction of sp³-hybridized carbons (Fsp3) is 0.750. The van der Waals surface area contributed by atoms with Crippen LogP contribution in [0.5, 0.6) is 0 Å². The van der Waals surface area contributed by atoms with Crippen molar-refractivity contribution in [1.82, 2.24) is 4.90 Å². The zero-order valence-electron chi connectivity index (χ0n) is 7.49. The van der Waals surface area contributed by atoms with Crippen LogP contribution in [-0.4, -0.2) is 30.7 Å². The fourth-order valence-corrected chi connectivity index (χ4v) is 1.05. The first kappa shape index (κ1) is 12.8. The molecule has 0 aliphatic carbocycles. The molecule has 0 heterocycles. The molecule has 0 aromatic carbocycles. The van der Waals surface area contributed by atoms with Crippen molar-refractivity contribution in [1.29, 1.82) is 0 Å². The van der Waals surface area contributed by atoms with Crippen molar-refractivity contribution in [3.8, 4) is 0 Å². The second kappa shape index (κ2) is 5.50. The van der Waals surface area contributed by atoms with E-state index in [2.05, 4.69) is 6.58 Å². The first-order valence-corrected chi connectivity index (χ1v) is 4.35. The van der Waals surface area contributed by atoms with Gasteiger partial charge in [0.25, 0.3) is 0 Å². The van der Waals surface area contributed by atoms with Gasteiger partial charge >= 0.3 is 6.18 Å². The van der Waals surface area contributed by atoms with Crippen LogP contribution in [0.2, 0.25) is 0 Å². The van der Waals surface area contributed by atoms with Crippen LogP contribution < -0.4 is 0 Å². The summed E-state index contributed by atoms with van der Waals surface area (Å²) in [5.74, 6) is 0. The smallest absolute Gasteiger partial charge is 0.298 e. The molecule has 0 aromatic heterocycles. The number of hydrogen-bond acceptors (Lipinski definition) is 1. The molecule has 0 aliphatic heterocycles. The van der Waals surface area contributed by atoms with Crippen LogP contribution in [0.4, 0.5) is 13.2 Å². The van der Waals surface area contributed by atoms with E-state index in [1.54, 1.807) is 11.8 Å². The normalized spacial score (nSPS) is 12.2. The summed E-state index contributed by atoms with van der Waals surface area (Å²) in [4.78, 5) is 1.60. The summed E-state index contributed by atoms with van der Waals surface area (Å²) in [6.45, 7) is 6.05. The Morgan fingerprint density at radius 2 is 2.00 bits per heavy atom. The highest BCUT2D eigenvalue weighted by molar-refractivity contribution is 6.29. The van der Waals surface area contributed by atoms with E-state index in [0.29, 0.717) is 18.1 Å². The van der Waals surface area contributed by atoms with Gasteiger partial charge < -0.3 is 0 Å². The molecule has 0 aromatic rings. The van der Waals surface area contributed by atoms with E-state index < -0.39 is 12.6 Å². The zero-order valence-corrected chi connectivity index (χ0v) is 8.25. The van der Waals surface area contributed by atoms with E-state index in [9.17, 15) is 13.2 Å². The molecule has 0 bridgehead atoms. The van der Waals surface area contributed by atoms with Crippen LogP contribution >= 0.6 is 11.6 Å². The molecule has 0 atom stereocenters. The molecule has 13 heavy (non-hydrogen) atoms. The summed E-state index contributed by atoms with van der Waals surface area (Å²) in [5, 5.41) is 0.365. The van der Waals surface area contributed by atoms with E-state index in [1.165, 1.54) is 0 Å². The van der Waals surface area contributed by atoms with Gasteiger partial charge in [-0.05, 0) is 6.54 Å². The number of hydrogen-bond donors (Lipinski definition) is 0. The van der Waals surface area contributed by atoms with Crippen LogP contribution in [0.25, 0.3) is 0 Å². The third-order valence-corrected chi connectivity index (χ3v) is 1.67. The lowest BCUT2D eigenvalue weighted by Crippen LogP contribution is -2.29. The average Bonchev–Trinajstić information content (AvgIpc) is 1.95. The van der Waals surface area contributed by atoms with Crippen molar-refractivity contribution >= 4 is 11.6 Å². The Morgan fingerprint density at radius 3 is 2.31 bits per heavy atom. The monoisotopic (exact) mass is 215 g/mol. The summed E-state index contributed by atoms with van der Waals surface area (Å²) in [6, 6.07) is 0. The maximum atomic E-state index is 11.8. The Balaban J connectivity index is 3.79. The Morgan fingerprint density at radius 1 is 1.46 bits per heavy atom. The molecule has 1 nitrogen and oxygen atoms in total. The standard InChI is InChI=1S/C8H13ClF3N/c1-3-13(6-7(2)9)5-4-8(10,11)12/h2-6H2,1H3. The van der Waals surface area contributed by atoms with Gasteiger partial charge in [-0.15, -0.1) is 0 Å². The third kappa shape index (κ3) is 8.12. The second-order valence-electron chi connectivity index (χ2n) is 2.75. The Kier molecular flexibility index (Phi) is 5.40. The SMILES string of the molecule is C=C(Cl)CN(CC)CCC(F)(F)F. The van der Waals surface area contributed by atoms with Crippen LogP contribution in [0, 0.1) is 0 Å². The summed E-state index contributed by atoms with van der Waals surface area (Å²) in [5.41, 5.74) is 0. The molecule has 0 saturated carbocycles. The summed E-state index contributed by atoms with van der Waals surface area (Å²) >= 11 is 5.48. The maximum absolute atomic E-state index is 11.8. The van der Waals surface area contributed by atoms with E-state index in [0.717, 1.165) is 0 Å². The molecule has 0 N–H and O–H groups in total. The van der Waals surface area contributed by atoms with Crippen molar-refractivity contribution in [2.45, 2.75) is 19.5 Å². The van der Waals surface area contributed by atoms with Crippen LogP contribution in [-0.2, 0) is 0 Å². The van der Waals surface area contributed by atoms with Gasteiger partial charge in [-0.3, -0.25) is 4.90 Å². The Bertz CT molecular complexity index is 167. The van der Waals surface area contributed by atoms with Gasteiger partial charge in [0.05, 0.1) is 6.42 Å². The zero-order chi connectivity index (χ0) is 10.5. The summed E-state index contributed by atoms with van der Waals surface area (Å²) in [7, 11) is 0. The van der Waals surface area contributed by atoms with Crippen molar-refractivity contribution < 1.29 is 13.2 Å². The Hall–Kier alpha value is -0.220. The first-order chi connectivity index (χ1) is 5.85. The van der Waals surface area contributed by atoms with Gasteiger partial charge in [-0.25, -0.2) is 0 Å². The summed E-state index contributed by atoms with van der Waals surface area (Å²) in [6.07, 6.45) is -4.90. The molecule has 0 spiro atoms. The average molecular weight is 216 g/mol. The quantitative estimate of drug-likeness (QED) is 0.682. The largest absolute Gasteiger partial charge is 0.390 e. The number of nitrogens with zero attached hydrogens (tertiary/aromatic N) is 1. The molecule has 78 valence electrons. The molecule has 0 fully saturated rings. The van der Waals surface area contributed by atoms with Crippen molar-refractivity contribution in [2.75, 3.05) is 19.6 Å². The van der Waals surface area contributed by atoms with Gasteiger partial charge in [0.2, 0.25) is 0 Å². The van der Waals surface area contributed by atoms with Crippen LogP contribution in [0.15, 0.2) is 11.6 Å². The minimum atomic E-state index is -4.10. The van der Waals surface area contributed by atoms with Crippen LogP contribution in [0.3, 0.4) is 0 Å². The van der Waals surface area contributed by atoms with E-state index in [-0.39, 0.29) is 6.54 Å². The molecular weight excluding hydrogens is 203 g/mol. The molecule has 0 amide bonds. The maximum Gasteiger partial charge on any atom is 0.390 e. The number of likely N-dealkylation sites (N-methyl/N-ethyl adjacent to an activating group) is 1. The van der Waals surface area contributed by atoms with Gasteiger partial charge in [0.15, 0.2) is 0 Å². The van der Waals surface area contributed by atoms with Gasteiger partial charge in [-0.2, -0.15) is 13.2 Å². The molecule has 0 rings (SSSR count). The predicted molar refractivity (Wildman–Crippen MR) is 47.8 cm³/mol. The highest BCUT2D eigenvalue weighted by Crippen LogP contribution is 2.19. The highest BCUT2D eigenvalue weighted by atomic mass is 35.5. The first-order valence-electron chi connectivity index (χ1n) is 3.97. The van der Waals surface area contributed by atoms with Crippen LogP contribution in [0.1, 0.15) is 13.3 Å². The molecular formula is C8H13ClF3N. The fourth-order valence-electron chi connectivity index (χ4n) is 0.876. The minimum Gasteiger partial charge on any atom is -0.298 e. The van der Waals surface area contributed by atoms with E-state index in [4.69, 9.17) is 11.6 Å². The lowest BCUT2D eigenvalue weighted by molar-refractivity contribution is -0.137. The van der Waals surface area contributed by atoms with Gasteiger partial charge in [-0.1, -0.05) is 25.1 Å². The van der Waals surface area contributed by atoms with Gasteiger partial charge in [0, 0.05) is 18.1 Å². The molecule has 0 radical (unpaired) electrons. The van der Waals surface area contributed by atoms with Crippen molar-refractivity contribution in [2.24, 2.45) is 0 Å². The second-order valence-corrected chi connectivity index (χ2v) is 3.29. The lowest BCUT2D eigenvalue weighted by Gasteiger charge is -2.20. The number of halogens is 4. The number of rotatable bonds is 5. The van der Waals surface area contributed by atoms with Crippen molar-refractivity contribution in [3.63, 3.8) is 0 Å². The number of alkyl halides is 3. The van der Waals surface area contributed by atoms with E-state index >= 15 is 0 Å². The molecule has 0 saturated heterocycles. The third-order valence-electron chi connectivity index (χ3n) is 1.55. The molecule has 0 aliphatic rings. The predicted octanol–water partition coefficient (Wildman–Crippen LogP) is 3.01. The Labute approximate surface area is 81.2 Å². The highest BCUT2D eigenvalue weighted by Gasteiger charge is 2.27. The summed E-state index contributed by atoms with van der Waals surface area (Å²) < 4.78 is 35.4. The topological polar surface area (TPSA) is 3.24 Å².